The monoisotopic (exact) mass is 303 g/mol. The number of carbonyl (C=O) groups excluding carboxylic acids is 1. The molecule has 1 amide bonds. The van der Waals surface area contributed by atoms with Crippen molar-refractivity contribution in [2.24, 2.45) is 5.73 Å². The lowest BCUT2D eigenvalue weighted by atomic mass is 10.3. The molecule has 3 aromatic rings. The first-order chi connectivity index (χ1) is 10.1. The van der Waals surface area contributed by atoms with Crippen molar-refractivity contribution in [3.8, 4) is 5.88 Å². The Kier molecular flexibility index (Phi) is 3.49. The van der Waals surface area contributed by atoms with Gasteiger partial charge in [-0.2, -0.15) is 0 Å². The quantitative estimate of drug-likeness (QED) is 0.777. The Morgan fingerprint density at radius 3 is 2.95 bits per heavy atom. The number of carbonyl (C=O) groups is 1. The second-order valence-electron chi connectivity index (χ2n) is 4.16. The number of aromatic nitrogens is 2. The molecule has 0 atom stereocenters. The Morgan fingerprint density at radius 2 is 2.19 bits per heavy atom. The predicted molar refractivity (Wildman–Crippen MR) is 76.8 cm³/mol. The third-order valence-corrected chi connectivity index (χ3v) is 3.77. The lowest BCUT2D eigenvalue weighted by molar-refractivity contribution is 0.208. The van der Waals surface area contributed by atoms with Crippen molar-refractivity contribution in [3.63, 3.8) is 0 Å². The van der Waals surface area contributed by atoms with Gasteiger partial charge in [-0.15, -0.1) is 0 Å². The topological polar surface area (TPSA) is 81.0 Å². The highest BCUT2D eigenvalue weighted by molar-refractivity contribution is 7.99. The van der Waals surface area contributed by atoms with Crippen LogP contribution < -0.4 is 10.5 Å². The third-order valence-electron chi connectivity index (χ3n) is 2.70. The van der Waals surface area contributed by atoms with Crippen molar-refractivity contribution < 1.29 is 13.9 Å². The van der Waals surface area contributed by atoms with E-state index in [4.69, 9.17) is 10.5 Å². The van der Waals surface area contributed by atoms with Crippen molar-refractivity contribution in [2.75, 3.05) is 0 Å². The van der Waals surface area contributed by atoms with E-state index in [2.05, 4.69) is 9.97 Å². The number of H-pyrrole nitrogens is 1. The van der Waals surface area contributed by atoms with Crippen LogP contribution in [0.4, 0.5) is 9.18 Å². The van der Waals surface area contributed by atoms with E-state index < -0.39 is 6.09 Å². The number of primary amides is 1. The Bertz CT molecular complexity index is 819. The maximum atomic E-state index is 13.3. The zero-order valence-electron chi connectivity index (χ0n) is 10.7. The molecule has 0 aliphatic carbocycles. The molecule has 0 spiro atoms. The van der Waals surface area contributed by atoms with Gasteiger partial charge in [0, 0.05) is 11.1 Å². The minimum Gasteiger partial charge on any atom is -0.392 e. The van der Waals surface area contributed by atoms with Crippen LogP contribution in [0, 0.1) is 5.82 Å². The lowest BCUT2D eigenvalue weighted by Gasteiger charge is -2.03. The maximum absolute atomic E-state index is 13.3. The Morgan fingerprint density at radius 1 is 1.33 bits per heavy atom. The number of nitrogens with one attached hydrogen (secondary N) is 1. The van der Waals surface area contributed by atoms with Gasteiger partial charge in [-0.3, -0.25) is 4.98 Å². The second kappa shape index (κ2) is 5.45. The number of nitrogens with zero attached hydrogens (tertiary/aromatic N) is 1. The van der Waals surface area contributed by atoms with Gasteiger partial charge in [0.1, 0.15) is 16.2 Å². The summed E-state index contributed by atoms with van der Waals surface area (Å²) in [6, 6.07) is 9.66. The highest BCUT2D eigenvalue weighted by atomic mass is 32.2. The molecule has 0 aliphatic rings. The largest absolute Gasteiger partial charge is 0.411 e. The number of amides is 1. The average molecular weight is 303 g/mol. The first-order valence-electron chi connectivity index (χ1n) is 6.01. The van der Waals surface area contributed by atoms with E-state index in [0.717, 1.165) is 0 Å². The first kappa shape index (κ1) is 13.4. The molecular formula is C14H10FN3O2S. The molecular weight excluding hydrogens is 293 g/mol. The normalized spacial score (nSPS) is 10.7. The highest BCUT2D eigenvalue weighted by Crippen LogP contribution is 2.39. The maximum Gasteiger partial charge on any atom is 0.411 e. The summed E-state index contributed by atoms with van der Waals surface area (Å²) in [5, 5.41) is 0. The number of aromatic amines is 1. The van der Waals surface area contributed by atoms with E-state index in [9.17, 15) is 9.18 Å². The summed E-state index contributed by atoms with van der Waals surface area (Å²) >= 11 is 1.24. The molecule has 106 valence electrons. The fourth-order valence-corrected chi connectivity index (χ4v) is 2.89. The number of halogens is 1. The minimum atomic E-state index is -0.928. The van der Waals surface area contributed by atoms with Crippen LogP contribution in [0.2, 0.25) is 0 Å². The summed E-state index contributed by atoms with van der Waals surface area (Å²) in [6.45, 7) is 0. The Labute approximate surface area is 123 Å². The van der Waals surface area contributed by atoms with E-state index in [1.54, 1.807) is 30.5 Å². The number of benzene rings is 1. The molecule has 0 saturated heterocycles. The number of fused-ring (bicyclic) bond motifs is 1. The van der Waals surface area contributed by atoms with Crippen LogP contribution in [0.1, 0.15) is 0 Å². The molecule has 0 unspecified atom stereocenters. The van der Waals surface area contributed by atoms with Gasteiger partial charge in [0.2, 0.25) is 5.88 Å². The SMILES string of the molecule is NC(=O)Oc1[nH]c2cccnc2c1Sc1cccc(F)c1. The van der Waals surface area contributed by atoms with E-state index in [1.807, 2.05) is 0 Å². The number of pyridine rings is 1. The van der Waals surface area contributed by atoms with Crippen LogP contribution in [0.5, 0.6) is 5.88 Å². The van der Waals surface area contributed by atoms with Crippen LogP contribution in [0.3, 0.4) is 0 Å². The fraction of sp³-hybridized carbons (Fsp3) is 0. The molecule has 0 aliphatic heterocycles. The number of nitrogens with two attached hydrogens (primary N) is 1. The van der Waals surface area contributed by atoms with Gasteiger partial charge >= 0.3 is 6.09 Å². The van der Waals surface area contributed by atoms with Gasteiger partial charge in [-0.25, -0.2) is 9.18 Å². The molecule has 0 saturated carbocycles. The van der Waals surface area contributed by atoms with E-state index in [1.165, 1.54) is 23.9 Å². The molecule has 0 radical (unpaired) electrons. The molecule has 2 aromatic heterocycles. The lowest BCUT2D eigenvalue weighted by Crippen LogP contribution is -2.16. The first-order valence-corrected chi connectivity index (χ1v) is 6.82. The zero-order valence-corrected chi connectivity index (χ0v) is 11.5. The molecule has 1 aromatic carbocycles. The van der Waals surface area contributed by atoms with Crippen LogP contribution >= 0.6 is 11.8 Å². The highest BCUT2D eigenvalue weighted by Gasteiger charge is 2.17. The van der Waals surface area contributed by atoms with Crippen molar-refractivity contribution in [1.29, 1.82) is 0 Å². The van der Waals surface area contributed by atoms with Crippen molar-refractivity contribution >= 4 is 28.9 Å². The van der Waals surface area contributed by atoms with Crippen molar-refractivity contribution in [2.45, 2.75) is 9.79 Å². The molecule has 3 N–H and O–H groups in total. The van der Waals surface area contributed by atoms with Gasteiger partial charge in [0.05, 0.1) is 5.52 Å². The summed E-state index contributed by atoms with van der Waals surface area (Å²) in [7, 11) is 0. The minimum absolute atomic E-state index is 0.200. The molecule has 21 heavy (non-hydrogen) atoms. The van der Waals surface area contributed by atoms with E-state index >= 15 is 0 Å². The van der Waals surface area contributed by atoms with Gasteiger partial charge < -0.3 is 15.5 Å². The van der Waals surface area contributed by atoms with Gasteiger partial charge in [-0.1, -0.05) is 17.8 Å². The summed E-state index contributed by atoms with van der Waals surface area (Å²) in [6.07, 6.45) is 0.697. The molecule has 7 heteroatoms. The summed E-state index contributed by atoms with van der Waals surface area (Å²) in [4.78, 5) is 19.4. The summed E-state index contributed by atoms with van der Waals surface area (Å²) in [5.41, 5.74) is 6.39. The van der Waals surface area contributed by atoms with Crippen LogP contribution in [0.25, 0.3) is 11.0 Å². The van der Waals surface area contributed by atoms with Gasteiger partial charge in [0.15, 0.2) is 0 Å². The molecule has 3 rings (SSSR count). The molecule has 0 bridgehead atoms. The molecule has 0 fully saturated rings. The standard InChI is InChI=1S/C14H10FN3O2S/c15-8-3-1-4-9(7-8)21-12-11-10(5-2-6-17-11)18-13(12)20-14(16)19/h1-7,18H,(H2,16,19). The third kappa shape index (κ3) is 2.82. The van der Waals surface area contributed by atoms with Gasteiger partial charge in [-0.05, 0) is 30.3 Å². The number of rotatable bonds is 3. The van der Waals surface area contributed by atoms with Crippen LogP contribution in [-0.4, -0.2) is 16.1 Å². The zero-order chi connectivity index (χ0) is 14.8. The molecule has 5 nitrogen and oxygen atoms in total. The number of ether oxygens (including phenoxy) is 1. The Balaban J connectivity index is 2.08. The smallest absolute Gasteiger partial charge is 0.392 e. The Hall–Kier alpha value is -2.54. The fourth-order valence-electron chi connectivity index (χ4n) is 1.89. The number of hydrogen-bond donors (Lipinski definition) is 2. The molecule has 2 heterocycles. The van der Waals surface area contributed by atoms with E-state index in [-0.39, 0.29) is 11.7 Å². The summed E-state index contributed by atoms with van der Waals surface area (Å²) in [5.74, 6) is -0.143. The average Bonchev–Trinajstić information content (AvgIpc) is 2.76. The number of hydrogen-bond acceptors (Lipinski definition) is 4. The van der Waals surface area contributed by atoms with Gasteiger partial charge in [0.25, 0.3) is 0 Å². The van der Waals surface area contributed by atoms with Crippen molar-refractivity contribution in [3.05, 3.63) is 48.4 Å². The predicted octanol–water partition coefficient (Wildman–Crippen LogP) is 3.31. The van der Waals surface area contributed by atoms with Crippen molar-refractivity contribution in [1.82, 2.24) is 9.97 Å². The van der Waals surface area contributed by atoms with Crippen LogP contribution in [0.15, 0.2) is 52.4 Å². The van der Waals surface area contributed by atoms with Crippen LogP contribution in [-0.2, 0) is 0 Å². The second-order valence-corrected chi connectivity index (χ2v) is 5.25. The van der Waals surface area contributed by atoms with E-state index in [0.29, 0.717) is 20.8 Å². The summed E-state index contributed by atoms with van der Waals surface area (Å²) < 4.78 is 18.2.